The number of nitrogens with zero attached hydrogens (tertiary/aromatic N) is 1. The third-order valence-corrected chi connectivity index (χ3v) is 2.94. The van der Waals surface area contributed by atoms with Gasteiger partial charge in [0, 0.05) is 32.1 Å². The van der Waals surface area contributed by atoms with E-state index in [2.05, 4.69) is 20.6 Å². The number of amides is 1. The number of carbonyl (C=O) groups is 1. The molecule has 2 heterocycles. The van der Waals surface area contributed by atoms with Crippen LogP contribution in [0.4, 0.5) is 5.95 Å². The lowest BCUT2D eigenvalue weighted by atomic mass is 10.2. The molecule has 1 amide bonds. The van der Waals surface area contributed by atoms with Crippen LogP contribution in [0, 0.1) is 0 Å². The molecular formula is C13H16N4O3. The molecule has 0 saturated carbocycles. The second-order valence-corrected chi connectivity index (χ2v) is 4.51. The van der Waals surface area contributed by atoms with Gasteiger partial charge in [-0.2, -0.15) is 0 Å². The molecule has 0 bridgehead atoms. The zero-order valence-electron chi connectivity index (χ0n) is 11.2. The van der Waals surface area contributed by atoms with Gasteiger partial charge in [-0.1, -0.05) is 0 Å². The molecule has 0 unspecified atom stereocenters. The maximum absolute atomic E-state index is 10.8. The second kappa shape index (κ2) is 5.28. The minimum Gasteiger partial charge on any atom is -0.486 e. The maximum Gasteiger partial charge on any atom is 0.216 e. The van der Waals surface area contributed by atoms with Crippen molar-refractivity contribution in [2.24, 2.45) is 0 Å². The fourth-order valence-corrected chi connectivity index (χ4v) is 2.05. The molecule has 3 N–H and O–H groups in total. The summed E-state index contributed by atoms with van der Waals surface area (Å²) in [5, 5.41) is 5.83. The van der Waals surface area contributed by atoms with E-state index in [0.29, 0.717) is 32.3 Å². The fourth-order valence-electron chi connectivity index (χ4n) is 2.05. The number of hydrogen-bond acceptors (Lipinski definition) is 5. The predicted molar refractivity (Wildman–Crippen MR) is 74.3 cm³/mol. The Kier molecular flexibility index (Phi) is 3.32. The highest BCUT2D eigenvalue weighted by molar-refractivity contribution is 5.81. The fraction of sp³-hybridized carbons (Fsp3) is 0.385. The first kappa shape index (κ1) is 12.6. The van der Waals surface area contributed by atoms with Crippen LogP contribution in [0.25, 0.3) is 11.0 Å². The van der Waals surface area contributed by atoms with E-state index in [9.17, 15) is 4.79 Å². The average Bonchev–Trinajstić information content (AvgIpc) is 2.82. The molecule has 0 fully saturated rings. The van der Waals surface area contributed by atoms with E-state index in [1.807, 2.05) is 12.1 Å². The minimum atomic E-state index is -0.0432. The van der Waals surface area contributed by atoms with Gasteiger partial charge in [0.05, 0.1) is 11.0 Å². The number of H-pyrrole nitrogens is 1. The highest BCUT2D eigenvalue weighted by Gasteiger charge is 2.14. The summed E-state index contributed by atoms with van der Waals surface area (Å²) in [6.07, 6.45) is 0. The quantitative estimate of drug-likeness (QED) is 0.722. The van der Waals surface area contributed by atoms with Gasteiger partial charge >= 0.3 is 0 Å². The molecule has 106 valence electrons. The molecule has 2 aromatic rings. The molecule has 0 radical (unpaired) electrons. The number of carbonyl (C=O) groups excluding carboxylic acids is 1. The molecule has 1 aromatic carbocycles. The number of aromatic amines is 1. The smallest absolute Gasteiger partial charge is 0.216 e. The van der Waals surface area contributed by atoms with E-state index in [0.717, 1.165) is 22.5 Å². The summed E-state index contributed by atoms with van der Waals surface area (Å²) < 4.78 is 11.0. The SMILES string of the molecule is CC(=O)NCCNc1nc2cc3c(cc2[nH]1)OCCO3. The maximum atomic E-state index is 10.8. The van der Waals surface area contributed by atoms with Crippen molar-refractivity contribution in [2.45, 2.75) is 6.92 Å². The number of nitrogens with one attached hydrogen (secondary N) is 3. The molecule has 0 saturated heterocycles. The van der Waals surface area contributed by atoms with Crippen molar-refractivity contribution in [3.63, 3.8) is 0 Å². The van der Waals surface area contributed by atoms with Crippen LogP contribution in [0.15, 0.2) is 12.1 Å². The Balaban J connectivity index is 1.72. The Morgan fingerprint density at radius 1 is 1.30 bits per heavy atom. The van der Waals surface area contributed by atoms with Gasteiger partial charge in [0.15, 0.2) is 11.5 Å². The van der Waals surface area contributed by atoms with Gasteiger partial charge in [-0.25, -0.2) is 4.98 Å². The van der Waals surface area contributed by atoms with Crippen molar-refractivity contribution in [3.8, 4) is 11.5 Å². The van der Waals surface area contributed by atoms with E-state index in [1.54, 1.807) is 0 Å². The summed E-state index contributed by atoms with van der Waals surface area (Å²) in [7, 11) is 0. The lowest BCUT2D eigenvalue weighted by Gasteiger charge is -2.17. The topological polar surface area (TPSA) is 88.3 Å². The third kappa shape index (κ3) is 2.61. The Hall–Kier alpha value is -2.44. The first-order chi connectivity index (χ1) is 9.72. The Morgan fingerprint density at radius 2 is 2.05 bits per heavy atom. The highest BCUT2D eigenvalue weighted by Crippen LogP contribution is 2.34. The summed E-state index contributed by atoms with van der Waals surface area (Å²) in [6.45, 7) is 3.77. The van der Waals surface area contributed by atoms with Crippen LogP contribution in [0.5, 0.6) is 11.5 Å². The summed E-state index contributed by atoms with van der Waals surface area (Å²) in [4.78, 5) is 18.3. The van der Waals surface area contributed by atoms with Crippen LogP contribution in [-0.2, 0) is 4.79 Å². The van der Waals surface area contributed by atoms with Gasteiger partial charge in [-0.3, -0.25) is 4.79 Å². The van der Waals surface area contributed by atoms with Gasteiger partial charge in [0.25, 0.3) is 0 Å². The molecule has 20 heavy (non-hydrogen) atoms. The number of anilines is 1. The average molecular weight is 276 g/mol. The van der Waals surface area contributed by atoms with Crippen LogP contribution >= 0.6 is 0 Å². The molecule has 1 aliphatic rings. The van der Waals surface area contributed by atoms with Crippen LogP contribution in [0.2, 0.25) is 0 Å². The van der Waals surface area contributed by atoms with Gasteiger partial charge < -0.3 is 25.1 Å². The van der Waals surface area contributed by atoms with E-state index in [-0.39, 0.29) is 5.91 Å². The monoisotopic (exact) mass is 276 g/mol. The number of imidazole rings is 1. The molecule has 0 spiro atoms. The number of hydrogen-bond donors (Lipinski definition) is 3. The Labute approximate surface area is 115 Å². The third-order valence-electron chi connectivity index (χ3n) is 2.94. The van der Waals surface area contributed by atoms with Crippen LogP contribution < -0.4 is 20.1 Å². The van der Waals surface area contributed by atoms with Crippen LogP contribution in [-0.4, -0.2) is 42.2 Å². The Morgan fingerprint density at radius 3 is 2.80 bits per heavy atom. The van der Waals surface area contributed by atoms with Crippen molar-refractivity contribution in [3.05, 3.63) is 12.1 Å². The van der Waals surface area contributed by atoms with Gasteiger partial charge in [0.2, 0.25) is 11.9 Å². The summed E-state index contributed by atoms with van der Waals surface area (Å²) in [5.74, 6) is 2.07. The van der Waals surface area contributed by atoms with Gasteiger partial charge in [-0.15, -0.1) is 0 Å². The van der Waals surface area contributed by atoms with Crippen molar-refractivity contribution >= 4 is 22.9 Å². The lowest BCUT2D eigenvalue weighted by molar-refractivity contribution is -0.118. The first-order valence-electron chi connectivity index (χ1n) is 6.50. The van der Waals surface area contributed by atoms with Crippen molar-refractivity contribution < 1.29 is 14.3 Å². The molecule has 3 rings (SSSR count). The second-order valence-electron chi connectivity index (χ2n) is 4.51. The summed E-state index contributed by atoms with van der Waals surface area (Å²) in [6, 6.07) is 3.75. The van der Waals surface area contributed by atoms with Crippen LogP contribution in [0.1, 0.15) is 6.92 Å². The largest absolute Gasteiger partial charge is 0.486 e. The number of ether oxygens (including phenoxy) is 2. The van der Waals surface area contributed by atoms with Crippen molar-refractivity contribution in [1.29, 1.82) is 0 Å². The standard InChI is InChI=1S/C13H16N4O3/c1-8(18)14-2-3-15-13-16-9-6-11-12(7-10(9)17-13)20-5-4-19-11/h6-7H,2-5H2,1H3,(H,14,18)(H2,15,16,17). The van der Waals surface area contributed by atoms with E-state index < -0.39 is 0 Å². The first-order valence-corrected chi connectivity index (χ1v) is 6.50. The zero-order chi connectivity index (χ0) is 13.9. The highest BCUT2D eigenvalue weighted by atomic mass is 16.6. The summed E-state index contributed by atoms with van der Waals surface area (Å²) in [5.41, 5.74) is 1.70. The normalized spacial score (nSPS) is 13.2. The zero-order valence-corrected chi connectivity index (χ0v) is 11.2. The number of benzene rings is 1. The predicted octanol–water partition coefficient (Wildman–Crippen LogP) is 0.882. The van der Waals surface area contributed by atoms with Crippen molar-refractivity contribution in [1.82, 2.24) is 15.3 Å². The minimum absolute atomic E-state index is 0.0432. The molecule has 1 aromatic heterocycles. The number of aromatic nitrogens is 2. The summed E-state index contributed by atoms with van der Waals surface area (Å²) >= 11 is 0. The van der Waals surface area contributed by atoms with Crippen molar-refractivity contribution in [2.75, 3.05) is 31.6 Å². The molecule has 0 atom stereocenters. The number of rotatable bonds is 4. The van der Waals surface area contributed by atoms with E-state index in [4.69, 9.17) is 9.47 Å². The molecule has 7 heteroatoms. The van der Waals surface area contributed by atoms with Crippen LogP contribution in [0.3, 0.4) is 0 Å². The van der Waals surface area contributed by atoms with E-state index >= 15 is 0 Å². The lowest BCUT2D eigenvalue weighted by Crippen LogP contribution is -2.26. The van der Waals surface area contributed by atoms with E-state index in [1.165, 1.54) is 6.92 Å². The molecule has 0 aliphatic carbocycles. The number of fused-ring (bicyclic) bond motifs is 2. The van der Waals surface area contributed by atoms with Gasteiger partial charge in [0.1, 0.15) is 13.2 Å². The molecule has 1 aliphatic heterocycles. The Bertz CT molecular complexity index is 595. The van der Waals surface area contributed by atoms with Gasteiger partial charge in [-0.05, 0) is 0 Å². The molecule has 7 nitrogen and oxygen atoms in total. The molecular weight excluding hydrogens is 260 g/mol.